The number of hydrogen-bond donors (Lipinski definition) is 2. The SMILES string of the molecule is O=C(O)c1[nH]nnc1OC1(c2ccccc2OC(F)(F)F)CCC1. The van der Waals surface area contributed by atoms with Crippen molar-refractivity contribution in [3.8, 4) is 11.6 Å². The van der Waals surface area contributed by atoms with E-state index < -0.39 is 17.9 Å². The molecule has 24 heavy (non-hydrogen) atoms. The minimum absolute atomic E-state index is 0.188. The molecule has 0 atom stereocenters. The first-order valence-corrected chi connectivity index (χ1v) is 6.99. The van der Waals surface area contributed by atoms with Crippen LogP contribution in [0.5, 0.6) is 11.6 Å². The Morgan fingerprint density at radius 3 is 2.58 bits per heavy atom. The van der Waals surface area contributed by atoms with Crippen LogP contribution in [0.1, 0.15) is 35.3 Å². The van der Waals surface area contributed by atoms with Gasteiger partial charge in [0.25, 0.3) is 5.88 Å². The molecule has 1 aliphatic rings. The van der Waals surface area contributed by atoms with E-state index in [4.69, 9.17) is 9.84 Å². The van der Waals surface area contributed by atoms with Crippen molar-refractivity contribution in [3.63, 3.8) is 0 Å². The monoisotopic (exact) mass is 343 g/mol. The number of hydrogen-bond acceptors (Lipinski definition) is 5. The molecular formula is C14H12F3N3O4. The molecule has 1 heterocycles. The highest BCUT2D eigenvalue weighted by Gasteiger charge is 2.46. The zero-order valence-corrected chi connectivity index (χ0v) is 12.1. The van der Waals surface area contributed by atoms with Crippen molar-refractivity contribution in [1.29, 1.82) is 0 Å². The van der Waals surface area contributed by atoms with Crippen LogP contribution in [0.15, 0.2) is 24.3 Å². The van der Waals surface area contributed by atoms with Crippen molar-refractivity contribution in [2.24, 2.45) is 0 Å². The predicted octanol–water partition coefficient (Wildman–Crippen LogP) is 2.86. The van der Waals surface area contributed by atoms with E-state index in [-0.39, 0.29) is 22.9 Å². The Morgan fingerprint density at radius 2 is 2.00 bits per heavy atom. The lowest BCUT2D eigenvalue weighted by Gasteiger charge is -2.42. The van der Waals surface area contributed by atoms with E-state index in [0.717, 1.165) is 0 Å². The summed E-state index contributed by atoms with van der Waals surface area (Å²) in [6.07, 6.45) is -3.34. The van der Waals surface area contributed by atoms with Gasteiger partial charge in [0.1, 0.15) is 11.4 Å². The molecule has 10 heteroatoms. The van der Waals surface area contributed by atoms with E-state index in [1.807, 2.05) is 0 Å². The highest BCUT2D eigenvalue weighted by molar-refractivity contribution is 5.87. The first kappa shape index (κ1) is 16.1. The summed E-state index contributed by atoms with van der Waals surface area (Å²) in [4.78, 5) is 11.1. The number of aromatic amines is 1. The summed E-state index contributed by atoms with van der Waals surface area (Å²) in [6, 6.07) is 5.62. The van der Waals surface area contributed by atoms with Gasteiger partial charge in [-0.2, -0.15) is 0 Å². The number of aromatic carboxylic acids is 1. The van der Waals surface area contributed by atoms with E-state index in [1.165, 1.54) is 18.2 Å². The van der Waals surface area contributed by atoms with E-state index in [9.17, 15) is 18.0 Å². The number of carbonyl (C=O) groups is 1. The normalized spacial score (nSPS) is 16.3. The first-order valence-electron chi connectivity index (χ1n) is 6.99. The largest absolute Gasteiger partial charge is 0.573 e. The Labute approximate surface area is 133 Å². The highest BCUT2D eigenvalue weighted by atomic mass is 19.4. The molecule has 128 valence electrons. The molecule has 0 aliphatic heterocycles. The molecule has 0 bridgehead atoms. The van der Waals surface area contributed by atoms with Crippen LogP contribution in [0.4, 0.5) is 13.2 Å². The fraction of sp³-hybridized carbons (Fsp3) is 0.357. The second kappa shape index (κ2) is 5.69. The number of rotatable bonds is 5. The number of nitrogens with one attached hydrogen (secondary N) is 1. The zero-order valence-electron chi connectivity index (χ0n) is 12.1. The van der Waals surface area contributed by atoms with Gasteiger partial charge in [0.15, 0.2) is 0 Å². The van der Waals surface area contributed by atoms with Crippen LogP contribution in [0, 0.1) is 0 Å². The van der Waals surface area contributed by atoms with E-state index in [1.54, 1.807) is 6.07 Å². The van der Waals surface area contributed by atoms with Crippen LogP contribution in [-0.2, 0) is 5.60 Å². The summed E-state index contributed by atoms with van der Waals surface area (Å²) in [5, 5.41) is 18.2. The summed E-state index contributed by atoms with van der Waals surface area (Å²) in [5.41, 5.74) is -1.31. The topological polar surface area (TPSA) is 97.3 Å². The molecule has 2 aromatic rings. The van der Waals surface area contributed by atoms with E-state index in [0.29, 0.717) is 19.3 Å². The van der Waals surface area contributed by atoms with Crippen molar-refractivity contribution in [1.82, 2.24) is 15.4 Å². The van der Waals surface area contributed by atoms with Crippen LogP contribution in [0.3, 0.4) is 0 Å². The number of carboxylic acid groups (broad SMARTS) is 1. The number of ether oxygens (including phenoxy) is 2. The third kappa shape index (κ3) is 2.99. The average molecular weight is 343 g/mol. The Hall–Kier alpha value is -2.78. The van der Waals surface area contributed by atoms with Crippen LogP contribution < -0.4 is 9.47 Å². The van der Waals surface area contributed by atoms with Crippen molar-refractivity contribution in [3.05, 3.63) is 35.5 Å². The van der Waals surface area contributed by atoms with Gasteiger partial charge in [-0.1, -0.05) is 28.5 Å². The lowest BCUT2D eigenvalue weighted by molar-refractivity contribution is -0.275. The first-order chi connectivity index (χ1) is 11.3. The number of carboxylic acids is 1. The van der Waals surface area contributed by atoms with Gasteiger partial charge in [-0.15, -0.1) is 13.2 Å². The highest BCUT2D eigenvalue weighted by Crippen LogP contribution is 2.48. The molecule has 7 nitrogen and oxygen atoms in total. The van der Waals surface area contributed by atoms with Crippen molar-refractivity contribution >= 4 is 5.97 Å². The molecule has 3 rings (SSSR count). The molecule has 1 aliphatic carbocycles. The fourth-order valence-electron chi connectivity index (χ4n) is 2.60. The van der Waals surface area contributed by atoms with Gasteiger partial charge < -0.3 is 14.6 Å². The zero-order chi connectivity index (χ0) is 17.4. The Balaban J connectivity index is 1.97. The van der Waals surface area contributed by atoms with Crippen molar-refractivity contribution < 1.29 is 32.5 Å². The summed E-state index contributed by atoms with van der Waals surface area (Å²) in [6.45, 7) is 0. The molecule has 1 saturated carbocycles. The number of H-pyrrole nitrogens is 1. The van der Waals surface area contributed by atoms with E-state index in [2.05, 4.69) is 20.1 Å². The number of halogens is 3. The van der Waals surface area contributed by atoms with Crippen LogP contribution in [0.25, 0.3) is 0 Å². The molecule has 0 unspecified atom stereocenters. The van der Waals surface area contributed by atoms with Gasteiger partial charge in [0.2, 0.25) is 5.69 Å². The predicted molar refractivity (Wildman–Crippen MR) is 72.6 cm³/mol. The maximum Gasteiger partial charge on any atom is 0.573 e. The second-order valence-electron chi connectivity index (χ2n) is 5.29. The molecule has 0 saturated heterocycles. The van der Waals surface area contributed by atoms with Gasteiger partial charge in [-0.3, -0.25) is 0 Å². The second-order valence-corrected chi connectivity index (χ2v) is 5.29. The van der Waals surface area contributed by atoms with E-state index >= 15 is 0 Å². The maximum atomic E-state index is 12.6. The molecule has 0 amide bonds. The van der Waals surface area contributed by atoms with Crippen molar-refractivity contribution in [2.45, 2.75) is 31.2 Å². The maximum absolute atomic E-state index is 12.6. The average Bonchev–Trinajstić information content (AvgIpc) is 2.90. The summed E-state index contributed by atoms with van der Waals surface area (Å²) in [5.74, 6) is -1.99. The Morgan fingerprint density at radius 1 is 1.29 bits per heavy atom. The molecule has 0 spiro atoms. The lowest BCUT2D eigenvalue weighted by Crippen LogP contribution is -2.41. The fourth-order valence-corrected chi connectivity index (χ4v) is 2.60. The van der Waals surface area contributed by atoms with Gasteiger partial charge in [-0.05, 0) is 25.3 Å². The number of benzene rings is 1. The summed E-state index contributed by atoms with van der Waals surface area (Å²) in [7, 11) is 0. The van der Waals surface area contributed by atoms with Gasteiger partial charge in [0, 0.05) is 5.56 Å². The molecule has 1 aromatic heterocycles. The van der Waals surface area contributed by atoms with Crippen LogP contribution >= 0.6 is 0 Å². The minimum Gasteiger partial charge on any atom is -0.476 e. The lowest BCUT2D eigenvalue weighted by atomic mass is 9.74. The molecular weight excluding hydrogens is 331 g/mol. The number of aromatic nitrogens is 3. The number of nitrogens with zero attached hydrogens (tertiary/aromatic N) is 2. The van der Waals surface area contributed by atoms with Gasteiger partial charge in [0.05, 0.1) is 0 Å². The van der Waals surface area contributed by atoms with Crippen LogP contribution in [0.2, 0.25) is 0 Å². The van der Waals surface area contributed by atoms with Gasteiger partial charge in [-0.25, -0.2) is 9.89 Å². The summed E-state index contributed by atoms with van der Waals surface area (Å²) >= 11 is 0. The molecule has 0 radical (unpaired) electrons. The number of alkyl halides is 3. The molecule has 2 N–H and O–H groups in total. The number of para-hydroxylation sites is 1. The quantitative estimate of drug-likeness (QED) is 0.866. The third-order valence-electron chi connectivity index (χ3n) is 3.79. The molecule has 1 aromatic carbocycles. The Kier molecular flexibility index (Phi) is 3.82. The smallest absolute Gasteiger partial charge is 0.476 e. The summed E-state index contributed by atoms with van der Waals surface area (Å²) < 4.78 is 47.6. The van der Waals surface area contributed by atoms with Crippen molar-refractivity contribution in [2.75, 3.05) is 0 Å². The third-order valence-corrected chi connectivity index (χ3v) is 3.79. The molecule has 1 fully saturated rings. The minimum atomic E-state index is -4.85. The van der Waals surface area contributed by atoms with Gasteiger partial charge >= 0.3 is 12.3 Å². The Bertz CT molecular complexity index is 756. The van der Waals surface area contributed by atoms with Crippen LogP contribution in [-0.4, -0.2) is 32.8 Å². The standard InChI is InChI=1S/C14H12F3N3O4/c15-14(16,17)23-9-5-2-1-4-8(9)13(6-3-7-13)24-11-10(12(21)22)18-20-19-11/h1-2,4-5H,3,6-7H2,(H,21,22)(H,18,19,20).